The molecule has 1 aliphatic rings. The van der Waals surface area contributed by atoms with Gasteiger partial charge in [0.2, 0.25) is 5.91 Å². The third kappa shape index (κ3) is 5.89. The van der Waals surface area contributed by atoms with Gasteiger partial charge >= 0.3 is 0 Å². The Morgan fingerprint density at radius 3 is 2.46 bits per heavy atom. The molecule has 0 saturated carbocycles. The molecule has 0 radical (unpaired) electrons. The molecule has 1 fully saturated rings. The first kappa shape index (κ1) is 19.0. The smallest absolute Gasteiger partial charge is 0.230 e. The van der Waals surface area contributed by atoms with Crippen LogP contribution in [0.5, 0.6) is 0 Å². The van der Waals surface area contributed by atoms with Crippen LogP contribution in [0.3, 0.4) is 0 Å². The van der Waals surface area contributed by atoms with Crippen LogP contribution < -0.4 is 5.32 Å². The number of thioether (sulfide) groups is 1. The van der Waals surface area contributed by atoms with Crippen molar-refractivity contribution in [3.8, 4) is 0 Å². The predicted octanol–water partition coefficient (Wildman–Crippen LogP) is 4.14. The Hall–Kier alpha value is -1.78. The molecule has 0 bridgehead atoms. The zero-order chi connectivity index (χ0) is 18.2. The topological polar surface area (TPSA) is 32.3 Å². The number of benzene rings is 2. The molecule has 1 saturated heterocycles. The van der Waals surface area contributed by atoms with Gasteiger partial charge in [-0.15, -0.1) is 11.8 Å². The molecule has 138 valence electrons. The summed E-state index contributed by atoms with van der Waals surface area (Å²) in [6, 6.07) is 17.0. The molecule has 0 spiro atoms. The summed E-state index contributed by atoms with van der Waals surface area (Å²) in [6.07, 6.45) is 2.61. The molecule has 0 unspecified atom stereocenters. The lowest BCUT2D eigenvalue weighted by molar-refractivity contribution is -0.118. The zero-order valence-electron chi connectivity index (χ0n) is 15.5. The molecule has 1 N–H and O–H groups in total. The number of amides is 1. The molecule has 0 atom stereocenters. The molecule has 26 heavy (non-hydrogen) atoms. The van der Waals surface area contributed by atoms with Crippen LogP contribution in [0.25, 0.3) is 0 Å². The Morgan fingerprint density at radius 1 is 1.04 bits per heavy atom. The highest BCUT2D eigenvalue weighted by atomic mass is 32.2. The van der Waals surface area contributed by atoms with Crippen LogP contribution in [-0.2, 0) is 23.6 Å². The molecule has 1 heterocycles. The highest BCUT2D eigenvalue weighted by Crippen LogP contribution is 2.16. The molecule has 4 heteroatoms. The van der Waals surface area contributed by atoms with E-state index in [4.69, 9.17) is 0 Å². The van der Waals surface area contributed by atoms with Gasteiger partial charge in [0, 0.05) is 18.8 Å². The normalized spacial score (nSPS) is 14.5. The lowest BCUT2D eigenvalue weighted by Crippen LogP contribution is -2.26. The highest BCUT2D eigenvalue weighted by Gasteiger charge is 2.13. The van der Waals surface area contributed by atoms with E-state index in [0.29, 0.717) is 12.3 Å². The van der Waals surface area contributed by atoms with Crippen molar-refractivity contribution in [3.05, 3.63) is 70.8 Å². The van der Waals surface area contributed by atoms with Crippen molar-refractivity contribution in [2.45, 2.75) is 38.6 Å². The van der Waals surface area contributed by atoms with E-state index in [0.717, 1.165) is 12.3 Å². The number of nitrogens with one attached hydrogen (secondary N) is 1. The van der Waals surface area contributed by atoms with Crippen LogP contribution >= 0.6 is 11.8 Å². The Morgan fingerprint density at radius 2 is 1.73 bits per heavy atom. The summed E-state index contributed by atoms with van der Waals surface area (Å²) in [6.45, 7) is 6.08. The van der Waals surface area contributed by atoms with Crippen LogP contribution in [0.4, 0.5) is 0 Å². The summed E-state index contributed by atoms with van der Waals surface area (Å²) < 4.78 is 0. The quantitative estimate of drug-likeness (QED) is 0.760. The van der Waals surface area contributed by atoms with E-state index in [9.17, 15) is 4.79 Å². The highest BCUT2D eigenvalue weighted by molar-refractivity contribution is 7.99. The molecule has 3 rings (SSSR count). The van der Waals surface area contributed by atoms with Gasteiger partial charge in [-0.3, -0.25) is 9.69 Å². The number of hydrogen-bond donors (Lipinski definition) is 1. The Bertz CT molecular complexity index is 708. The third-order valence-corrected chi connectivity index (χ3v) is 5.81. The van der Waals surface area contributed by atoms with E-state index < -0.39 is 0 Å². The van der Waals surface area contributed by atoms with Crippen LogP contribution in [0, 0.1) is 6.92 Å². The second kappa shape index (κ2) is 9.79. The molecule has 3 nitrogen and oxygen atoms in total. The Labute approximate surface area is 161 Å². The minimum Gasteiger partial charge on any atom is -0.351 e. The van der Waals surface area contributed by atoms with Crippen molar-refractivity contribution in [1.82, 2.24) is 10.2 Å². The number of carbonyl (C=O) groups excluding carboxylic acids is 1. The van der Waals surface area contributed by atoms with Gasteiger partial charge in [0.15, 0.2) is 0 Å². The van der Waals surface area contributed by atoms with Crippen molar-refractivity contribution in [3.63, 3.8) is 0 Å². The van der Waals surface area contributed by atoms with Gasteiger partial charge < -0.3 is 5.32 Å². The molecule has 1 amide bonds. The van der Waals surface area contributed by atoms with Crippen molar-refractivity contribution >= 4 is 17.7 Å². The standard InChI is InChI=1S/C22H28N2OS/c1-18-8-10-19(11-9-18)16-26-17-22(25)23-14-20-6-2-3-7-21(20)15-24-12-4-5-13-24/h2-3,6-11H,4-5,12-17H2,1H3,(H,23,25). The average molecular weight is 369 g/mol. The van der Waals surface area contributed by atoms with Crippen molar-refractivity contribution < 1.29 is 4.79 Å². The van der Waals surface area contributed by atoms with E-state index in [1.165, 1.54) is 48.2 Å². The fourth-order valence-electron chi connectivity index (χ4n) is 3.26. The van der Waals surface area contributed by atoms with Gasteiger partial charge in [-0.05, 0) is 49.5 Å². The molecular weight excluding hydrogens is 340 g/mol. The second-order valence-electron chi connectivity index (χ2n) is 7.01. The van der Waals surface area contributed by atoms with Crippen LogP contribution in [-0.4, -0.2) is 29.6 Å². The van der Waals surface area contributed by atoms with Gasteiger partial charge in [-0.25, -0.2) is 0 Å². The first-order chi connectivity index (χ1) is 12.7. The van der Waals surface area contributed by atoms with Gasteiger partial charge in [-0.1, -0.05) is 54.1 Å². The van der Waals surface area contributed by atoms with Crippen LogP contribution in [0.15, 0.2) is 48.5 Å². The van der Waals surface area contributed by atoms with Gasteiger partial charge in [0.25, 0.3) is 0 Å². The van der Waals surface area contributed by atoms with Crippen molar-refractivity contribution in [2.24, 2.45) is 0 Å². The molecule has 1 aliphatic heterocycles. The number of rotatable bonds is 8. The maximum absolute atomic E-state index is 12.2. The van der Waals surface area contributed by atoms with E-state index in [1.54, 1.807) is 11.8 Å². The zero-order valence-corrected chi connectivity index (χ0v) is 16.4. The van der Waals surface area contributed by atoms with E-state index in [1.807, 2.05) is 0 Å². The number of likely N-dealkylation sites (tertiary alicyclic amines) is 1. The minimum absolute atomic E-state index is 0.109. The van der Waals surface area contributed by atoms with Gasteiger partial charge in [0.05, 0.1) is 5.75 Å². The van der Waals surface area contributed by atoms with Crippen LogP contribution in [0.2, 0.25) is 0 Å². The maximum atomic E-state index is 12.2. The minimum atomic E-state index is 0.109. The molecule has 2 aromatic rings. The molecule has 0 aromatic heterocycles. The fraction of sp³-hybridized carbons (Fsp3) is 0.409. The van der Waals surface area contributed by atoms with Crippen molar-refractivity contribution in [2.75, 3.05) is 18.8 Å². The predicted molar refractivity (Wildman–Crippen MR) is 110 cm³/mol. The Kier molecular flexibility index (Phi) is 7.15. The molecule has 0 aliphatic carbocycles. The van der Waals surface area contributed by atoms with E-state index in [-0.39, 0.29) is 5.91 Å². The second-order valence-corrected chi connectivity index (χ2v) is 7.99. The van der Waals surface area contributed by atoms with E-state index in [2.05, 4.69) is 65.7 Å². The monoisotopic (exact) mass is 368 g/mol. The first-order valence-electron chi connectivity index (χ1n) is 9.40. The lowest BCUT2D eigenvalue weighted by atomic mass is 10.1. The SMILES string of the molecule is Cc1ccc(CSCC(=O)NCc2ccccc2CN2CCCC2)cc1. The molecule has 2 aromatic carbocycles. The number of nitrogens with zero attached hydrogens (tertiary/aromatic N) is 1. The summed E-state index contributed by atoms with van der Waals surface area (Å²) in [7, 11) is 0. The van der Waals surface area contributed by atoms with Gasteiger partial charge in [0.1, 0.15) is 0 Å². The third-order valence-electron chi connectivity index (χ3n) is 4.81. The fourth-order valence-corrected chi connectivity index (χ4v) is 4.07. The molecular formula is C22H28N2OS. The summed E-state index contributed by atoms with van der Waals surface area (Å²) in [5, 5.41) is 3.08. The summed E-state index contributed by atoms with van der Waals surface area (Å²) in [4.78, 5) is 14.7. The lowest BCUT2D eigenvalue weighted by Gasteiger charge is -2.17. The number of carbonyl (C=O) groups is 1. The summed E-state index contributed by atoms with van der Waals surface area (Å²) in [5.74, 6) is 1.49. The van der Waals surface area contributed by atoms with Crippen molar-refractivity contribution in [1.29, 1.82) is 0 Å². The number of aryl methyl sites for hydroxylation is 1. The Balaban J connectivity index is 1.43. The maximum Gasteiger partial charge on any atom is 0.230 e. The van der Waals surface area contributed by atoms with E-state index >= 15 is 0 Å². The summed E-state index contributed by atoms with van der Waals surface area (Å²) >= 11 is 1.67. The average Bonchev–Trinajstić information content (AvgIpc) is 3.16. The largest absolute Gasteiger partial charge is 0.351 e. The van der Waals surface area contributed by atoms with Gasteiger partial charge in [-0.2, -0.15) is 0 Å². The summed E-state index contributed by atoms with van der Waals surface area (Å²) in [5.41, 5.74) is 5.10. The van der Waals surface area contributed by atoms with Crippen LogP contribution in [0.1, 0.15) is 35.1 Å². The first-order valence-corrected chi connectivity index (χ1v) is 10.6. The number of hydrogen-bond acceptors (Lipinski definition) is 3.